The molecule has 1 amide bonds. The highest BCUT2D eigenvalue weighted by Crippen LogP contribution is 1.90. The zero-order chi connectivity index (χ0) is 8.27. The van der Waals surface area contributed by atoms with Gasteiger partial charge >= 0.3 is 0 Å². The molecule has 0 aliphatic carbocycles. The van der Waals surface area contributed by atoms with Crippen molar-refractivity contribution in [2.45, 2.75) is 6.92 Å². The number of nitrogens with zero attached hydrogens (tertiary/aromatic N) is 1. The van der Waals surface area contributed by atoms with Gasteiger partial charge in [-0.15, -0.1) is 0 Å². The molecule has 58 valence electrons. The number of carbonyl (C=O) groups is 2. The Morgan fingerprint density at radius 2 is 2.45 bits per heavy atom. The lowest BCUT2D eigenvalue weighted by molar-refractivity contribution is -0.118. The van der Waals surface area contributed by atoms with E-state index in [4.69, 9.17) is 0 Å². The summed E-state index contributed by atoms with van der Waals surface area (Å²) in [4.78, 5) is 25.2. The number of aliphatic imine (C=N–C) groups is 1. The van der Waals surface area contributed by atoms with Crippen molar-refractivity contribution in [2.24, 2.45) is 4.99 Å². The summed E-state index contributed by atoms with van der Waals surface area (Å²) in [5.41, 5.74) is 0. The number of nitrogens with one attached hydrogen (secondary N) is 1. The topological polar surface area (TPSA) is 58.5 Å². The summed E-state index contributed by atoms with van der Waals surface area (Å²) in [6.07, 6.45) is 3.05. The summed E-state index contributed by atoms with van der Waals surface area (Å²) >= 11 is 0. The van der Waals surface area contributed by atoms with E-state index < -0.39 is 0 Å². The fourth-order valence-corrected chi connectivity index (χ4v) is 0.728. The second-order valence-corrected chi connectivity index (χ2v) is 2.14. The summed E-state index contributed by atoms with van der Waals surface area (Å²) in [5, 5.41) is 2.34. The summed E-state index contributed by atoms with van der Waals surface area (Å²) in [6, 6.07) is 0. The number of dihydropyridines is 1. The van der Waals surface area contributed by atoms with Crippen molar-refractivity contribution < 1.29 is 9.59 Å². The number of hydrogen-bond donors (Lipinski definition) is 1. The molecule has 1 aliphatic rings. The highest BCUT2D eigenvalue weighted by Gasteiger charge is 2.10. The van der Waals surface area contributed by atoms with E-state index in [1.807, 2.05) is 0 Å². The molecule has 0 saturated carbocycles. The normalized spacial score (nSPS) is 16.1. The van der Waals surface area contributed by atoms with E-state index in [0.29, 0.717) is 6.54 Å². The third-order valence-corrected chi connectivity index (χ3v) is 1.15. The van der Waals surface area contributed by atoms with Gasteiger partial charge in [-0.25, -0.2) is 0 Å². The van der Waals surface area contributed by atoms with Gasteiger partial charge in [0.15, 0.2) is 5.84 Å². The zero-order valence-electron chi connectivity index (χ0n) is 6.13. The van der Waals surface area contributed by atoms with Gasteiger partial charge in [0.2, 0.25) is 11.7 Å². The minimum Gasteiger partial charge on any atom is -0.308 e. The van der Waals surface area contributed by atoms with Crippen LogP contribution >= 0.6 is 0 Å². The maximum atomic E-state index is 10.9. The van der Waals surface area contributed by atoms with Crippen LogP contribution in [0.2, 0.25) is 0 Å². The van der Waals surface area contributed by atoms with E-state index >= 15 is 0 Å². The monoisotopic (exact) mass is 152 g/mol. The van der Waals surface area contributed by atoms with Gasteiger partial charge in [-0.3, -0.25) is 14.6 Å². The first kappa shape index (κ1) is 7.65. The number of carbonyl (C=O) groups excluding carboxylic acids is 2. The Hall–Kier alpha value is -1.45. The maximum absolute atomic E-state index is 10.9. The van der Waals surface area contributed by atoms with E-state index in [-0.39, 0.29) is 17.5 Å². The number of amides is 1. The van der Waals surface area contributed by atoms with Gasteiger partial charge in [-0.05, 0) is 6.08 Å². The molecule has 0 radical (unpaired) electrons. The summed E-state index contributed by atoms with van der Waals surface area (Å²) in [6.45, 7) is 1.80. The van der Waals surface area contributed by atoms with Crippen molar-refractivity contribution in [1.29, 1.82) is 0 Å². The quantitative estimate of drug-likeness (QED) is 0.516. The van der Waals surface area contributed by atoms with Crippen LogP contribution in [0, 0.1) is 0 Å². The fraction of sp³-hybridized carbons (Fsp3) is 0.286. The number of ketones is 1. The van der Waals surface area contributed by atoms with Crippen molar-refractivity contribution in [3.05, 3.63) is 12.2 Å². The first-order valence-corrected chi connectivity index (χ1v) is 3.23. The predicted octanol–water partition coefficient (Wildman–Crippen LogP) is -0.340. The van der Waals surface area contributed by atoms with Crippen LogP contribution in [0.15, 0.2) is 17.1 Å². The molecule has 0 aromatic heterocycles. The second kappa shape index (κ2) is 3.09. The lowest BCUT2D eigenvalue weighted by Gasteiger charge is -2.04. The zero-order valence-corrected chi connectivity index (χ0v) is 6.13. The smallest absolute Gasteiger partial charge is 0.222 e. The molecule has 1 heterocycles. The first-order chi connectivity index (χ1) is 5.20. The van der Waals surface area contributed by atoms with Crippen LogP contribution in [0.1, 0.15) is 6.92 Å². The van der Waals surface area contributed by atoms with Gasteiger partial charge in [-0.2, -0.15) is 0 Å². The highest BCUT2D eigenvalue weighted by atomic mass is 16.2. The molecule has 0 atom stereocenters. The molecule has 0 aromatic carbocycles. The maximum Gasteiger partial charge on any atom is 0.222 e. The lowest BCUT2D eigenvalue weighted by Crippen LogP contribution is -2.35. The summed E-state index contributed by atoms with van der Waals surface area (Å²) < 4.78 is 0. The van der Waals surface area contributed by atoms with Crippen molar-refractivity contribution in [1.82, 2.24) is 5.32 Å². The van der Waals surface area contributed by atoms with Crippen LogP contribution in [0.3, 0.4) is 0 Å². The number of rotatable bonds is 0. The van der Waals surface area contributed by atoms with Crippen molar-refractivity contribution in [3.8, 4) is 0 Å². The minimum atomic E-state index is -0.271. The molecule has 0 unspecified atom stereocenters. The second-order valence-electron chi connectivity index (χ2n) is 2.14. The molecule has 1 aliphatic heterocycles. The van der Waals surface area contributed by atoms with Gasteiger partial charge in [0.05, 0.1) is 6.54 Å². The SMILES string of the molecule is CC(=O)NC1=NCC=CC1=O. The summed E-state index contributed by atoms with van der Waals surface area (Å²) in [5.74, 6) is -0.376. The Morgan fingerprint density at radius 1 is 1.73 bits per heavy atom. The Labute approximate surface area is 64.0 Å². The molecule has 1 rings (SSSR count). The van der Waals surface area contributed by atoms with E-state index in [0.717, 1.165) is 0 Å². The van der Waals surface area contributed by atoms with Gasteiger partial charge in [0, 0.05) is 6.92 Å². The molecule has 0 fully saturated rings. The third-order valence-electron chi connectivity index (χ3n) is 1.15. The first-order valence-electron chi connectivity index (χ1n) is 3.23. The van der Waals surface area contributed by atoms with Gasteiger partial charge in [0.1, 0.15) is 0 Å². The van der Waals surface area contributed by atoms with Crippen LogP contribution in [-0.2, 0) is 9.59 Å². The predicted molar refractivity (Wildman–Crippen MR) is 40.3 cm³/mol. The van der Waals surface area contributed by atoms with Crippen LogP contribution in [0.4, 0.5) is 0 Å². The summed E-state index contributed by atoms with van der Waals surface area (Å²) in [7, 11) is 0. The van der Waals surface area contributed by atoms with E-state index in [9.17, 15) is 9.59 Å². The average Bonchev–Trinajstić information content (AvgIpc) is 1.93. The van der Waals surface area contributed by atoms with E-state index in [1.54, 1.807) is 6.08 Å². The number of amidine groups is 1. The molecule has 11 heavy (non-hydrogen) atoms. The lowest BCUT2D eigenvalue weighted by atomic mass is 10.2. The fourth-order valence-electron chi connectivity index (χ4n) is 0.728. The molecular weight excluding hydrogens is 144 g/mol. The van der Waals surface area contributed by atoms with Gasteiger partial charge in [0.25, 0.3) is 0 Å². The Kier molecular flexibility index (Phi) is 2.15. The standard InChI is InChI=1S/C7H8N2O2/c1-5(10)9-7-6(11)3-2-4-8-7/h2-3H,4H2,1H3,(H,8,9,10). The highest BCUT2D eigenvalue weighted by molar-refractivity contribution is 6.45. The van der Waals surface area contributed by atoms with Crippen LogP contribution < -0.4 is 5.32 Å². The molecule has 0 saturated heterocycles. The number of hydrogen-bond acceptors (Lipinski definition) is 3. The Bertz CT molecular complexity index is 253. The molecular formula is C7H8N2O2. The van der Waals surface area contributed by atoms with Gasteiger partial charge < -0.3 is 5.32 Å². The largest absolute Gasteiger partial charge is 0.308 e. The van der Waals surface area contributed by atoms with Crippen molar-refractivity contribution in [3.63, 3.8) is 0 Å². The van der Waals surface area contributed by atoms with Crippen LogP contribution in [0.25, 0.3) is 0 Å². The van der Waals surface area contributed by atoms with E-state index in [2.05, 4.69) is 10.3 Å². The van der Waals surface area contributed by atoms with Gasteiger partial charge in [-0.1, -0.05) is 6.08 Å². The minimum absolute atomic E-state index is 0.139. The third kappa shape index (κ3) is 2.00. The average molecular weight is 152 g/mol. The molecule has 0 aromatic rings. The molecule has 0 spiro atoms. The Balaban J connectivity index is 2.64. The van der Waals surface area contributed by atoms with Crippen molar-refractivity contribution in [2.75, 3.05) is 6.54 Å². The van der Waals surface area contributed by atoms with Crippen molar-refractivity contribution >= 4 is 17.5 Å². The molecule has 1 N–H and O–H groups in total. The Morgan fingerprint density at radius 3 is 3.00 bits per heavy atom. The van der Waals surface area contributed by atoms with Crippen LogP contribution in [0.5, 0.6) is 0 Å². The van der Waals surface area contributed by atoms with E-state index in [1.165, 1.54) is 13.0 Å². The molecule has 0 bridgehead atoms. The van der Waals surface area contributed by atoms with Crippen LogP contribution in [-0.4, -0.2) is 24.1 Å². The molecule has 4 nitrogen and oxygen atoms in total. The molecule has 4 heteroatoms.